The summed E-state index contributed by atoms with van der Waals surface area (Å²) in [5.74, 6) is -4.02. The van der Waals surface area contributed by atoms with Gasteiger partial charge in [-0.05, 0) is 19.1 Å². The standard InChI is InChI=1S/C14H15F2NO3/c1-4-20-14(19)9(8-17(2)3)13(18)12-10(15)6-5-7-11(12)16/h5-8H,4H2,1-3H3. The van der Waals surface area contributed by atoms with E-state index in [-0.39, 0.29) is 6.61 Å². The molecule has 0 spiro atoms. The van der Waals surface area contributed by atoms with Crippen molar-refractivity contribution < 1.29 is 23.1 Å². The molecule has 0 aliphatic heterocycles. The molecule has 1 aromatic rings. The molecule has 0 aliphatic carbocycles. The van der Waals surface area contributed by atoms with Crippen molar-refractivity contribution in [1.29, 1.82) is 0 Å². The summed E-state index contributed by atoms with van der Waals surface area (Å²) in [5.41, 5.74) is -1.20. The lowest BCUT2D eigenvalue weighted by atomic mass is 10.0. The number of hydrogen-bond donors (Lipinski definition) is 0. The average Bonchev–Trinajstić information content (AvgIpc) is 2.35. The fraction of sp³-hybridized carbons (Fsp3) is 0.286. The van der Waals surface area contributed by atoms with Crippen molar-refractivity contribution in [2.45, 2.75) is 6.92 Å². The van der Waals surface area contributed by atoms with Crippen LogP contribution in [0.2, 0.25) is 0 Å². The Morgan fingerprint density at radius 2 is 1.80 bits per heavy atom. The molecular weight excluding hydrogens is 268 g/mol. The Morgan fingerprint density at radius 1 is 1.25 bits per heavy atom. The fourth-order valence-electron chi connectivity index (χ4n) is 1.52. The minimum Gasteiger partial charge on any atom is -0.462 e. The highest BCUT2D eigenvalue weighted by Gasteiger charge is 2.26. The lowest BCUT2D eigenvalue weighted by Crippen LogP contribution is -2.21. The van der Waals surface area contributed by atoms with Crippen molar-refractivity contribution in [3.63, 3.8) is 0 Å². The summed E-state index contributed by atoms with van der Waals surface area (Å²) < 4.78 is 31.9. The maximum atomic E-state index is 13.6. The van der Waals surface area contributed by atoms with Crippen LogP contribution in [-0.4, -0.2) is 37.4 Å². The van der Waals surface area contributed by atoms with Crippen molar-refractivity contribution in [2.75, 3.05) is 20.7 Å². The van der Waals surface area contributed by atoms with E-state index < -0.39 is 34.5 Å². The Labute approximate surface area is 115 Å². The number of esters is 1. The van der Waals surface area contributed by atoms with Gasteiger partial charge in [-0.1, -0.05) is 6.07 Å². The Bertz CT molecular complexity index is 533. The molecule has 108 valence electrons. The van der Waals surface area contributed by atoms with Crippen molar-refractivity contribution in [3.05, 3.63) is 47.2 Å². The molecule has 0 heterocycles. The monoisotopic (exact) mass is 283 g/mol. The molecule has 0 radical (unpaired) electrons. The lowest BCUT2D eigenvalue weighted by molar-refractivity contribution is -0.138. The fourth-order valence-corrected chi connectivity index (χ4v) is 1.52. The second kappa shape index (κ2) is 6.79. The highest BCUT2D eigenvalue weighted by molar-refractivity contribution is 6.24. The number of nitrogens with zero attached hydrogens (tertiary/aromatic N) is 1. The van der Waals surface area contributed by atoms with Crippen molar-refractivity contribution in [3.8, 4) is 0 Å². The van der Waals surface area contributed by atoms with Gasteiger partial charge in [-0.2, -0.15) is 0 Å². The van der Waals surface area contributed by atoms with Crippen LogP contribution in [0, 0.1) is 11.6 Å². The zero-order valence-corrected chi connectivity index (χ0v) is 11.4. The molecule has 0 aliphatic rings. The molecule has 1 rings (SSSR count). The van der Waals surface area contributed by atoms with E-state index in [0.717, 1.165) is 18.2 Å². The van der Waals surface area contributed by atoms with Gasteiger partial charge in [-0.3, -0.25) is 4.79 Å². The van der Waals surface area contributed by atoms with Crippen LogP contribution in [0.4, 0.5) is 8.78 Å². The first-order valence-corrected chi connectivity index (χ1v) is 5.92. The molecule has 0 N–H and O–H groups in total. The average molecular weight is 283 g/mol. The normalized spacial score (nSPS) is 11.2. The van der Waals surface area contributed by atoms with Gasteiger partial charge in [-0.15, -0.1) is 0 Å². The second-order valence-electron chi connectivity index (χ2n) is 4.15. The van der Waals surface area contributed by atoms with Crippen LogP contribution in [0.1, 0.15) is 17.3 Å². The number of hydrogen-bond acceptors (Lipinski definition) is 4. The van der Waals surface area contributed by atoms with Crippen LogP contribution < -0.4 is 0 Å². The van der Waals surface area contributed by atoms with Crippen LogP contribution >= 0.6 is 0 Å². The lowest BCUT2D eigenvalue weighted by Gasteiger charge is -2.11. The molecule has 20 heavy (non-hydrogen) atoms. The third-order valence-corrected chi connectivity index (χ3v) is 2.32. The van der Waals surface area contributed by atoms with Crippen molar-refractivity contribution in [1.82, 2.24) is 4.90 Å². The molecule has 0 amide bonds. The molecular formula is C14H15F2NO3. The van der Waals surface area contributed by atoms with Crippen LogP contribution in [-0.2, 0) is 9.53 Å². The van der Waals surface area contributed by atoms with E-state index in [1.165, 1.54) is 11.1 Å². The van der Waals surface area contributed by atoms with Crippen LogP contribution in [0.25, 0.3) is 0 Å². The van der Waals surface area contributed by atoms with Gasteiger partial charge < -0.3 is 9.64 Å². The van der Waals surface area contributed by atoms with Crippen molar-refractivity contribution >= 4 is 11.8 Å². The third-order valence-electron chi connectivity index (χ3n) is 2.32. The van der Waals surface area contributed by atoms with Crippen LogP contribution in [0.15, 0.2) is 30.0 Å². The Kier molecular flexibility index (Phi) is 5.37. The number of benzene rings is 1. The Morgan fingerprint density at radius 3 is 2.25 bits per heavy atom. The maximum absolute atomic E-state index is 13.6. The SMILES string of the molecule is CCOC(=O)C(=CN(C)C)C(=O)c1c(F)cccc1F. The summed E-state index contributed by atoms with van der Waals surface area (Å²) in [6.45, 7) is 1.62. The number of ether oxygens (including phenoxy) is 1. The number of Topliss-reactive ketones (excluding diaryl/α,β-unsaturated/α-hetero) is 1. The number of halogens is 2. The van der Waals surface area contributed by atoms with E-state index in [9.17, 15) is 18.4 Å². The number of ketones is 1. The predicted molar refractivity (Wildman–Crippen MR) is 69.1 cm³/mol. The van der Waals surface area contributed by atoms with E-state index in [0.29, 0.717) is 0 Å². The number of rotatable bonds is 5. The molecule has 0 unspecified atom stereocenters. The quantitative estimate of drug-likeness (QED) is 0.273. The Balaban J connectivity index is 3.28. The van der Waals surface area contributed by atoms with E-state index in [4.69, 9.17) is 4.74 Å². The molecule has 4 nitrogen and oxygen atoms in total. The summed E-state index contributed by atoms with van der Waals surface area (Å²) in [7, 11) is 3.15. The summed E-state index contributed by atoms with van der Waals surface area (Å²) in [4.78, 5) is 25.3. The minimum absolute atomic E-state index is 0.0522. The zero-order valence-electron chi connectivity index (χ0n) is 11.4. The molecule has 0 saturated carbocycles. The van der Waals surface area contributed by atoms with Crippen LogP contribution in [0.5, 0.6) is 0 Å². The highest BCUT2D eigenvalue weighted by Crippen LogP contribution is 2.18. The smallest absolute Gasteiger partial charge is 0.343 e. The molecule has 0 fully saturated rings. The second-order valence-corrected chi connectivity index (χ2v) is 4.15. The van der Waals surface area contributed by atoms with Gasteiger partial charge >= 0.3 is 5.97 Å². The van der Waals surface area contributed by atoms with Gasteiger partial charge in [0.1, 0.15) is 17.2 Å². The topological polar surface area (TPSA) is 46.6 Å². The predicted octanol–water partition coefficient (Wildman–Crippen LogP) is 2.16. The minimum atomic E-state index is -1.05. The maximum Gasteiger partial charge on any atom is 0.343 e. The summed E-state index contributed by atoms with van der Waals surface area (Å²) in [6.07, 6.45) is 1.17. The van der Waals surface area contributed by atoms with Gasteiger partial charge in [0.05, 0.1) is 12.2 Å². The first kappa shape index (κ1) is 15.8. The van der Waals surface area contributed by atoms with Crippen LogP contribution in [0.3, 0.4) is 0 Å². The molecule has 0 bridgehead atoms. The van der Waals surface area contributed by atoms with E-state index in [1.807, 2.05) is 0 Å². The molecule has 6 heteroatoms. The van der Waals surface area contributed by atoms with Crippen molar-refractivity contribution in [2.24, 2.45) is 0 Å². The number of carbonyl (C=O) groups excluding carboxylic acids is 2. The van der Waals surface area contributed by atoms with Gasteiger partial charge in [0.25, 0.3) is 0 Å². The third kappa shape index (κ3) is 3.63. The first-order chi connectivity index (χ1) is 9.38. The van der Waals surface area contributed by atoms with Gasteiger partial charge in [0.15, 0.2) is 0 Å². The van der Waals surface area contributed by atoms with E-state index in [2.05, 4.69) is 0 Å². The first-order valence-electron chi connectivity index (χ1n) is 5.92. The number of carbonyl (C=O) groups is 2. The van der Waals surface area contributed by atoms with Gasteiger partial charge in [-0.25, -0.2) is 13.6 Å². The van der Waals surface area contributed by atoms with E-state index in [1.54, 1.807) is 21.0 Å². The molecule has 0 aromatic heterocycles. The molecule has 0 atom stereocenters. The van der Waals surface area contributed by atoms with Gasteiger partial charge in [0.2, 0.25) is 5.78 Å². The Hall–Kier alpha value is -2.24. The van der Waals surface area contributed by atoms with Gasteiger partial charge in [0, 0.05) is 20.3 Å². The summed E-state index contributed by atoms with van der Waals surface area (Å²) in [5, 5.41) is 0. The summed E-state index contributed by atoms with van der Waals surface area (Å²) >= 11 is 0. The summed E-state index contributed by atoms with van der Waals surface area (Å²) in [6, 6.07) is 3.05. The molecule has 1 aromatic carbocycles. The largest absolute Gasteiger partial charge is 0.462 e. The molecule has 0 saturated heterocycles. The zero-order chi connectivity index (χ0) is 15.3. The highest BCUT2D eigenvalue weighted by atomic mass is 19.1. The van der Waals surface area contributed by atoms with E-state index >= 15 is 0 Å².